The summed E-state index contributed by atoms with van der Waals surface area (Å²) in [6.45, 7) is 2.18. The number of fused-ring (bicyclic) bond motifs is 1. The summed E-state index contributed by atoms with van der Waals surface area (Å²) in [5.74, 6) is 0.455. The summed E-state index contributed by atoms with van der Waals surface area (Å²) in [5.41, 5.74) is 10.1. The zero-order valence-electron chi connectivity index (χ0n) is 11.3. The molecule has 1 aromatic heterocycles. The number of hydrogen-bond acceptors (Lipinski definition) is 2. The van der Waals surface area contributed by atoms with Crippen molar-refractivity contribution < 1.29 is 0 Å². The second-order valence-electron chi connectivity index (χ2n) is 4.83. The normalized spacial score (nSPS) is 11.1. The smallest absolute Gasteiger partial charge is 0.205 e. The van der Waals surface area contributed by atoms with Gasteiger partial charge in [-0.25, -0.2) is 4.98 Å². The lowest BCUT2D eigenvalue weighted by Crippen LogP contribution is -2.00. The monoisotopic (exact) mass is 285 g/mol. The Morgan fingerprint density at radius 3 is 2.60 bits per heavy atom. The van der Waals surface area contributed by atoms with Gasteiger partial charge in [-0.1, -0.05) is 43.1 Å². The minimum atomic E-state index is 0.455. The predicted molar refractivity (Wildman–Crippen MR) is 84.5 cm³/mol. The summed E-state index contributed by atoms with van der Waals surface area (Å²) in [6, 6.07) is 14.1. The van der Waals surface area contributed by atoms with Crippen LogP contribution in [0.4, 0.5) is 5.95 Å². The van der Waals surface area contributed by atoms with Gasteiger partial charge in [0.1, 0.15) is 5.52 Å². The molecule has 0 aliphatic heterocycles. The van der Waals surface area contributed by atoms with E-state index in [1.807, 2.05) is 22.8 Å². The summed E-state index contributed by atoms with van der Waals surface area (Å²) in [5, 5.41) is 0.621. The van der Waals surface area contributed by atoms with Crippen molar-refractivity contribution in [2.75, 3.05) is 5.73 Å². The molecule has 3 rings (SSSR count). The van der Waals surface area contributed by atoms with Crippen molar-refractivity contribution in [1.29, 1.82) is 0 Å². The second-order valence-corrected chi connectivity index (χ2v) is 5.24. The number of nitrogens with zero attached hydrogens (tertiary/aromatic N) is 2. The third-order valence-electron chi connectivity index (χ3n) is 3.40. The maximum atomic E-state index is 6.16. The Labute approximate surface area is 123 Å². The molecule has 0 aliphatic rings. The van der Waals surface area contributed by atoms with Gasteiger partial charge in [-0.05, 0) is 36.2 Å². The Balaban J connectivity index is 2.14. The van der Waals surface area contributed by atoms with Gasteiger partial charge in [0.2, 0.25) is 5.95 Å². The van der Waals surface area contributed by atoms with E-state index in [4.69, 9.17) is 17.3 Å². The van der Waals surface area contributed by atoms with Crippen molar-refractivity contribution >= 4 is 28.6 Å². The summed E-state index contributed by atoms with van der Waals surface area (Å²) >= 11 is 6.16. The van der Waals surface area contributed by atoms with Crippen LogP contribution in [0.25, 0.3) is 16.7 Å². The highest BCUT2D eigenvalue weighted by atomic mass is 35.5. The van der Waals surface area contributed by atoms with Crippen LogP contribution in [0.5, 0.6) is 0 Å². The number of nitrogens with two attached hydrogens (primary N) is 1. The molecule has 0 saturated heterocycles. The van der Waals surface area contributed by atoms with E-state index in [1.165, 1.54) is 5.56 Å². The molecule has 0 saturated carbocycles. The lowest BCUT2D eigenvalue weighted by Gasteiger charge is -2.07. The molecule has 0 unspecified atom stereocenters. The van der Waals surface area contributed by atoms with Crippen LogP contribution < -0.4 is 5.73 Å². The van der Waals surface area contributed by atoms with Gasteiger partial charge in [-0.15, -0.1) is 0 Å². The van der Waals surface area contributed by atoms with E-state index in [2.05, 4.69) is 36.2 Å². The number of anilines is 1. The number of aryl methyl sites for hydroxylation is 1. The van der Waals surface area contributed by atoms with Crippen LogP contribution in [0.1, 0.15) is 18.9 Å². The van der Waals surface area contributed by atoms with Gasteiger partial charge in [0.05, 0.1) is 10.5 Å². The fourth-order valence-corrected chi connectivity index (χ4v) is 2.67. The lowest BCUT2D eigenvalue weighted by atomic mass is 10.1. The van der Waals surface area contributed by atoms with E-state index in [0.717, 1.165) is 29.6 Å². The molecule has 0 atom stereocenters. The largest absolute Gasteiger partial charge is 0.369 e. The number of nitrogen functional groups attached to an aromatic ring is 1. The summed E-state index contributed by atoms with van der Waals surface area (Å²) in [6.07, 6.45) is 2.23. The van der Waals surface area contributed by atoms with Gasteiger partial charge >= 0.3 is 0 Å². The summed E-state index contributed by atoms with van der Waals surface area (Å²) in [4.78, 5) is 4.36. The fourth-order valence-electron chi connectivity index (χ4n) is 2.45. The minimum Gasteiger partial charge on any atom is -0.369 e. The Hall–Kier alpha value is -2.00. The standard InChI is InChI=1S/C16H16ClN3/c1-2-4-11-7-9-12(10-8-11)20-14-6-3-5-13(17)15(14)19-16(20)18/h3,5-10H,2,4H2,1H3,(H2,18,19). The highest BCUT2D eigenvalue weighted by Gasteiger charge is 2.11. The Kier molecular flexibility index (Phi) is 3.36. The van der Waals surface area contributed by atoms with Crippen molar-refractivity contribution in [1.82, 2.24) is 9.55 Å². The van der Waals surface area contributed by atoms with E-state index in [1.54, 1.807) is 0 Å². The first-order valence-corrected chi connectivity index (χ1v) is 7.10. The maximum Gasteiger partial charge on any atom is 0.205 e. The average Bonchev–Trinajstić information content (AvgIpc) is 2.78. The highest BCUT2D eigenvalue weighted by molar-refractivity contribution is 6.35. The molecular formula is C16H16ClN3. The molecule has 3 nitrogen and oxygen atoms in total. The molecule has 0 bridgehead atoms. The molecule has 20 heavy (non-hydrogen) atoms. The van der Waals surface area contributed by atoms with Gasteiger partial charge in [-0.2, -0.15) is 0 Å². The van der Waals surface area contributed by atoms with Gasteiger partial charge in [0.15, 0.2) is 0 Å². The minimum absolute atomic E-state index is 0.455. The van der Waals surface area contributed by atoms with Crippen LogP contribution in [-0.4, -0.2) is 9.55 Å². The lowest BCUT2D eigenvalue weighted by molar-refractivity contribution is 0.920. The number of halogens is 1. The number of rotatable bonds is 3. The first-order valence-electron chi connectivity index (χ1n) is 6.72. The van der Waals surface area contributed by atoms with Crippen molar-refractivity contribution in [2.45, 2.75) is 19.8 Å². The molecule has 0 radical (unpaired) electrons. The Morgan fingerprint density at radius 1 is 1.15 bits per heavy atom. The molecule has 0 aliphatic carbocycles. The number of benzene rings is 2. The van der Waals surface area contributed by atoms with Crippen molar-refractivity contribution in [3.05, 3.63) is 53.1 Å². The summed E-state index contributed by atoms with van der Waals surface area (Å²) in [7, 11) is 0. The van der Waals surface area contributed by atoms with Crippen LogP contribution in [-0.2, 0) is 6.42 Å². The predicted octanol–water partition coefficient (Wildman–Crippen LogP) is 4.21. The van der Waals surface area contributed by atoms with Crippen molar-refractivity contribution in [3.8, 4) is 5.69 Å². The quantitative estimate of drug-likeness (QED) is 0.783. The maximum absolute atomic E-state index is 6.16. The van der Waals surface area contributed by atoms with Crippen LogP contribution in [0.15, 0.2) is 42.5 Å². The highest BCUT2D eigenvalue weighted by Crippen LogP contribution is 2.28. The van der Waals surface area contributed by atoms with Crippen LogP contribution in [0.3, 0.4) is 0 Å². The second kappa shape index (κ2) is 5.17. The van der Waals surface area contributed by atoms with E-state index < -0.39 is 0 Å². The molecule has 1 heterocycles. The number of aromatic nitrogens is 2. The molecule has 2 aromatic carbocycles. The number of para-hydroxylation sites is 1. The average molecular weight is 286 g/mol. The zero-order chi connectivity index (χ0) is 14.1. The van der Waals surface area contributed by atoms with Crippen molar-refractivity contribution in [2.24, 2.45) is 0 Å². The third-order valence-corrected chi connectivity index (χ3v) is 3.70. The SMILES string of the molecule is CCCc1ccc(-n2c(N)nc3c(Cl)cccc32)cc1. The molecule has 0 amide bonds. The van der Waals surface area contributed by atoms with Crippen molar-refractivity contribution in [3.63, 3.8) is 0 Å². The van der Waals surface area contributed by atoms with Gasteiger partial charge in [0.25, 0.3) is 0 Å². The zero-order valence-corrected chi connectivity index (χ0v) is 12.1. The molecule has 3 aromatic rings. The molecule has 0 fully saturated rings. The molecule has 102 valence electrons. The van der Waals surface area contributed by atoms with Gasteiger partial charge in [0, 0.05) is 5.69 Å². The van der Waals surface area contributed by atoms with Gasteiger partial charge < -0.3 is 5.73 Å². The van der Waals surface area contributed by atoms with Crippen LogP contribution in [0, 0.1) is 0 Å². The molecule has 2 N–H and O–H groups in total. The van der Waals surface area contributed by atoms with Crippen LogP contribution in [0.2, 0.25) is 5.02 Å². The number of hydrogen-bond donors (Lipinski definition) is 1. The fraction of sp³-hybridized carbons (Fsp3) is 0.188. The van der Waals surface area contributed by atoms with E-state index in [9.17, 15) is 0 Å². The van der Waals surface area contributed by atoms with E-state index in [0.29, 0.717) is 11.0 Å². The first-order chi connectivity index (χ1) is 9.70. The Morgan fingerprint density at radius 2 is 1.90 bits per heavy atom. The molecule has 0 spiro atoms. The van der Waals surface area contributed by atoms with Gasteiger partial charge in [-0.3, -0.25) is 4.57 Å². The third kappa shape index (κ3) is 2.14. The molecular weight excluding hydrogens is 270 g/mol. The number of imidazole rings is 1. The summed E-state index contributed by atoms with van der Waals surface area (Å²) < 4.78 is 1.93. The van der Waals surface area contributed by atoms with E-state index >= 15 is 0 Å². The van der Waals surface area contributed by atoms with Crippen LogP contribution >= 0.6 is 11.6 Å². The first kappa shape index (κ1) is 13.0. The van der Waals surface area contributed by atoms with E-state index in [-0.39, 0.29) is 0 Å². The Bertz CT molecular complexity index is 744. The topological polar surface area (TPSA) is 43.8 Å². The molecule has 4 heteroatoms.